The fourth-order valence-electron chi connectivity index (χ4n) is 1.68. The van der Waals surface area contributed by atoms with E-state index in [1.54, 1.807) is 18.2 Å². The molecule has 0 saturated heterocycles. The molecule has 1 amide bonds. The van der Waals surface area contributed by atoms with Crippen LogP contribution >= 0.6 is 0 Å². The summed E-state index contributed by atoms with van der Waals surface area (Å²) in [7, 11) is 3.08. The van der Waals surface area contributed by atoms with Crippen LogP contribution in [0.4, 0.5) is 0 Å². The summed E-state index contributed by atoms with van der Waals surface area (Å²) in [5.74, 6) is 0.774. The number of methoxy groups -OCH3 is 2. The number of nitrogens with zero attached hydrogens (tertiary/aromatic N) is 1. The molecule has 4 nitrogen and oxygen atoms in total. The van der Waals surface area contributed by atoms with Gasteiger partial charge in [-0.1, -0.05) is 30.3 Å². The molecule has 0 radical (unpaired) electrons. The topological polar surface area (TPSA) is 47.9 Å². The van der Waals surface area contributed by atoms with Crippen LogP contribution in [0.25, 0.3) is 0 Å². The van der Waals surface area contributed by atoms with Crippen molar-refractivity contribution in [3.63, 3.8) is 0 Å². The highest BCUT2D eigenvalue weighted by Gasteiger charge is 2.08. The van der Waals surface area contributed by atoms with Crippen molar-refractivity contribution in [3.05, 3.63) is 59.7 Å². The standard InChI is InChI=1S/C16H15NO3/c1-19-14-8-13(9-15(10-14)20-2)16(18)17-11-12-6-4-3-5-7-12/h3-11H,1-2H3. The number of ether oxygens (including phenoxy) is 2. The smallest absolute Gasteiger partial charge is 0.277 e. The number of carbonyl (C=O) groups is 1. The van der Waals surface area contributed by atoms with Crippen LogP contribution in [0.1, 0.15) is 15.9 Å². The molecule has 0 unspecified atom stereocenters. The van der Waals surface area contributed by atoms with Gasteiger partial charge in [0.1, 0.15) is 11.5 Å². The molecule has 4 heteroatoms. The highest BCUT2D eigenvalue weighted by Crippen LogP contribution is 2.22. The average Bonchev–Trinajstić information content (AvgIpc) is 2.52. The van der Waals surface area contributed by atoms with Crippen LogP contribution in [-0.2, 0) is 0 Å². The van der Waals surface area contributed by atoms with Gasteiger partial charge in [0, 0.05) is 17.8 Å². The van der Waals surface area contributed by atoms with Gasteiger partial charge in [-0.3, -0.25) is 4.79 Å². The SMILES string of the molecule is COc1cc(OC)cc(C(=O)N=Cc2ccccc2)c1. The Bertz CT molecular complexity index is 599. The number of hydrogen-bond acceptors (Lipinski definition) is 3. The predicted octanol–water partition coefficient (Wildman–Crippen LogP) is 2.96. The molecule has 2 aromatic rings. The van der Waals surface area contributed by atoms with E-state index < -0.39 is 0 Å². The van der Waals surface area contributed by atoms with Gasteiger partial charge >= 0.3 is 0 Å². The Morgan fingerprint density at radius 2 is 1.60 bits per heavy atom. The molecule has 0 spiro atoms. The van der Waals surface area contributed by atoms with Crippen LogP contribution < -0.4 is 9.47 Å². The van der Waals surface area contributed by atoms with Gasteiger partial charge in [0.2, 0.25) is 0 Å². The lowest BCUT2D eigenvalue weighted by Gasteiger charge is -2.05. The summed E-state index contributed by atoms with van der Waals surface area (Å²) in [5.41, 5.74) is 1.30. The second-order valence-electron chi connectivity index (χ2n) is 4.08. The van der Waals surface area contributed by atoms with Crippen molar-refractivity contribution in [2.75, 3.05) is 14.2 Å². The summed E-state index contributed by atoms with van der Waals surface area (Å²) in [4.78, 5) is 16.0. The van der Waals surface area contributed by atoms with E-state index >= 15 is 0 Å². The predicted molar refractivity (Wildman–Crippen MR) is 77.9 cm³/mol. The Hall–Kier alpha value is -2.62. The first-order chi connectivity index (χ1) is 9.72. The monoisotopic (exact) mass is 269 g/mol. The number of aliphatic imine (C=N–C) groups is 1. The summed E-state index contributed by atoms with van der Waals surface area (Å²) in [6, 6.07) is 14.4. The number of hydrogen-bond donors (Lipinski definition) is 0. The lowest BCUT2D eigenvalue weighted by molar-refractivity contribution is 0.100. The van der Waals surface area contributed by atoms with Crippen LogP contribution in [0, 0.1) is 0 Å². The zero-order chi connectivity index (χ0) is 14.4. The van der Waals surface area contributed by atoms with Crippen LogP contribution in [-0.4, -0.2) is 26.3 Å². The molecule has 0 bridgehead atoms. The van der Waals surface area contributed by atoms with Crippen molar-refractivity contribution < 1.29 is 14.3 Å². The van der Waals surface area contributed by atoms with Crippen molar-refractivity contribution in [1.82, 2.24) is 0 Å². The fourth-order valence-corrected chi connectivity index (χ4v) is 1.68. The Labute approximate surface area is 117 Å². The van der Waals surface area contributed by atoms with Gasteiger partial charge < -0.3 is 9.47 Å². The van der Waals surface area contributed by atoms with E-state index in [0.29, 0.717) is 17.1 Å². The molecule has 0 heterocycles. The largest absolute Gasteiger partial charge is 0.497 e. The van der Waals surface area contributed by atoms with Gasteiger partial charge in [-0.05, 0) is 17.7 Å². The van der Waals surface area contributed by atoms with Crippen LogP contribution in [0.15, 0.2) is 53.5 Å². The minimum Gasteiger partial charge on any atom is -0.497 e. The maximum absolute atomic E-state index is 12.0. The van der Waals surface area contributed by atoms with Gasteiger partial charge in [0.05, 0.1) is 14.2 Å². The zero-order valence-electron chi connectivity index (χ0n) is 11.4. The molecular weight excluding hydrogens is 254 g/mol. The number of amides is 1. The van der Waals surface area contributed by atoms with Gasteiger partial charge in [-0.25, -0.2) is 4.99 Å². The molecule has 0 aliphatic carbocycles. The van der Waals surface area contributed by atoms with Gasteiger partial charge in [0.15, 0.2) is 0 Å². The van der Waals surface area contributed by atoms with Gasteiger partial charge in [0.25, 0.3) is 5.91 Å². The van der Waals surface area contributed by atoms with E-state index in [0.717, 1.165) is 5.56 Å². The molecule has 20 heavy (non-hydrogen) atoms. The Morgan fingerprint density at radius 3 is 2.15 bits per heavy atom. The normalized spacial score (nSPS) is 10.5. The minimum absolute atomic E-state index is 0.342. The number of benzene rings is 2. The molecular formula is C16H15NO3. The quantitative estimate of drug-likeness (QED) is 0.802. The third-order valence-electron chi connectivity index (χ3n) is 2.73. The Morgan fingerprint density at radius 1 is 1.00 bits per heavy atom. The lowest BCUT2D eigenvalue weighted by Crippen LogP contribution is -1.98. The van der Waals surface area contributed by atoms with E-state index in [4.69, 9.17) is 9.47 Å². The van der Waals surface area contributed by atoms with Gasteiger partial charge in [-0.15, -0.1) is 0 Å². The average molecular weight is 269 g/mol. The first kappa shape index (κ1) is 13.8. The van der Waals surface area contributed by atoms with Crippen molar-refractivity contribution in [2.24, 2.45) is 4.99 Å². The first-order valence-corrected chi connectivity index (χ1v) is 6.09. The molecule has 0 aliphatic rings. The van der Waals surface area contributed by atoms with Crippen molar-refractivity contribution >= 4 is 12.1 Å². The summed E-state index contributed by atoms with van der Waals surface area (Å²) < 4.78 is 10.3. The summed E-state index contributed by atoms with van der Waals surface area (Å²) >= 11 is 0. The summed E-state index contributed by atoms with van der Waals surface area (Å²) in [6.45, 7) is 0. The third-order valence-corrected chi connectivity index (χ3v) is 2.73. The molecule has 0 aliphatic heterocycles. The zero-order valence-corrected chi connectivity index (χ0v) is 11.4. The number of rotatable bonds is 4. The van der Waals surface area contributed by atoms with Crippen molar-refractivity contribution in [3.8, 4) is 11.5 Å². The van der Waals surface area contributed by atoms with Crippen LogP contribution in [0.5, 0.6) is 11.5 Å². The molecule has 0 aromatic heterocycles. The highest BCUT2D eigenvalue weighted by atomic mass is 16.5. The third kappa shape index (κ3) is 3.45. The maximum atomic E-state index is 12.0. The molecule has 0 saturated carbocycles. The molecule has 102 valence electrons. The van der Waals surface area contributed by atoms with E-state index in [1.807, 2.05) is 30.3 Å². The van der Waals surface area contributed by atoms with E-state index in [-0.39, 0.29) is 5.91 Å². The first-order valence-electron chi connectivity index (χ1n) is 6.09. The van der Waals surface area contributed by atoms with E-state index in [1.165, 1.54) is 20.4 Å². The molecule has 0 N–H and O–H groups in total. The van der Waals surface area contributed by atoms with Crippen LogP contribution in [0.2, 0.25) is 0 Å². The van der Waals surface area contributed by atoms with Crippen LogP contribution in [0.3, 0.4) is 0 Å². The van der Waals surface area contributed by atoms with Crippen molar-refractivity contribution in [2.45, 2.75) is 0 Å². The molecule has 2 rings (SSSR count). The molecule has 0 fully saturated rings. The van der Waals surface area contributed by atoms with E-state index in [2.05, 4.69) is 4.99 Å². The lowest BCUT2D eigenvalue weighted by atomic mass is 10.2. The van der Waals surface area contributed by atoms with Crippen molar-refractivity contribution in [1.29, 1.82) is 0 Å². The molecule has 2 aromatic carbocycles. The summed E-state index contributed by atoms with van der Waals surface area (Å²) in [5, 5.41) is 0. The molecule has 0 atom stereocenters. The maximum Gasteiger partial charge on any atom is 0.277 e. The van der Waals surface area contributed by atoms with Gasteiger partial charge in [-0.2, -0.15) is 0 Å². The minimum atomic E-state index is -0.342. The summed E-state index contributed by atoms with van der Waals surface area (Å²) in [6.07, 6.45) is 1.54. The van der Waals surface area contributed by atoms with E-state index in [9.17, 15) is 4.79 Å². The fraction of sp³-hybridized carbons (Fsp3) is 0.125. The highest BCUT2D eigenvalue weighted by molar-refractivity contribution is 6.02. The second kappa shape index (κ2) is 6.52. The second-order valence-corrected chi connectivity index (χ2v) is 4.08. The Kier molecular flexibility index (Phi) is 4.50. The number of carbonyl (C=O) groups excluding carboxylic acids is 1. The Balaban J connectivity index is 2.23.